The first-order chi connectivity index (χ1) is 9.52. The zero-order valence-electron chi connectivity index (χ0n) is 11.0. The van der Waals surface area contributed by atoms with Gasteiger partial charge in [0, 0.05) is 5.56 Å². The average Bonchev–Trinajstić information content (AvgIpc) is 2.38. The highest BCUT2D eigenvalue weighted by Gasteiger charge is 2.25. The summed E-state index contributed by atoms with van der Waals surface area (Å²) in [5.74, 6) is 0.436. The summed E-state index contributed by atoms with van der Waals surface area (Å²) < 4.78 is 6.52. The summed E-state index contributed by atoms with van der Waals surface area (Å²) in [6.07, 6.45) is -0.611. The van der Waals surface area contributed by atoms with Crippen LogP contribution in [0.25, 0.3) is 0 Å². The number of para-hydroxylation sites is 1. The van der Waals surface area contributed by atoms with Crippen molar-refractivity contribution in [2.75, 3.05) is 7.11 Å². The average molecular weight is 402 g/mol. The van der Waals surface area contributed by atoms with Gasteiger partial charge in [-0.3, -0.25) is 0 Å². The van der Waals surface area contributed by atoms with Crippen LogP contribution in [0.4, 0.5) is 0 Å². The third-order valence-electron chi connectivity index (χ3n) is 2.96. The van der Waals surface area contributed by atoms with Crippen LogP contribution in [0.1, 0.15) is 24.1 Å². The van der Waals surface area contributed by atoms with E-state index in [0.29, 0.717) is 9.34 Å². The Labute approximate surface area is 134 Å². The van der Waals surface area contributed by atoms with Crippen LogP contribution >= 0.6 is 31.9 Å². The van der Waals surface area contributed by atoms with E-state index in [4.69, 9.17) is 4.74 Å². The van der Waals surface area contributed by atoms with Crippen LogP contribution < -0.4 is 4.74 Å². The minimum Gasteiger partial charge on any atom is -0.496 e. The second-order valence-corrected chi connectivity index (χ2v) is 5.87. The number of halogens is 2. The Balaban J connectivity index is 2.56. The molecule has 1 aromatic heterocycles. The molecule has 2 unspecified atom stereocenters. The summed E-state index contributed by atoms with van der Waals surface area (Å²) >= 11 is 6.62. The summed E-state index contributed by atoms with van der Waals surface area (Å²) in [5, 5.41) is 10.2. The molecule has 0 saturated carbocycles. The molecule has 0 saturated heterocycles. The number of aromatic nitrogens is 2. The van der Waals surface area contributed by atoms with Crippen LogP contribution in [0, 0.1) is 0 Å². The number of hydrogen-bond donors (Lipinski definition) is 1. The van der Waals surface area contributed by atoms with Crippen molar-refractivity contribution in [3.8, 4) is 5.75 Å². The van der Waals surface area contributed by atoms with Gasteiger partial charge in [0.2, 0.25) is 0 Å². The largest absolute Gasteiger partial charge is 0.496 e. The van der Waals surface area contributed by atoms with E-state index in [-0.39, 0.29) is 5.92 Å². The van der Waals surface area contributed by atoms with Crippen molar-refractivity contribution in [3.63, 3.8) is 0 Å². The van der Waals surface area contributed by atoms with Crippen LogP contribution in [0.5, 0.6) is 5.75 Å². The van der Waals surface area contributed by atoms with Crippen LogP contribution in [0.15, 0.2) is 39.7 Å². The van der Waals surface area contributed by atoms with Gasteiger partial charge in [0.1, 0.15) is 10.4 Å². The maximum atomic E-state index is 10.2. The first kappa shape index (κ1) is 15.4. The zero-order valence-corrected chi connectivity index (χ0v) is 14.2. The van der Waals surface area contributed by atoms with E-state index in [0.717, 1.165) is 17.0 Å². The summed E-state index contributed by atoms with van der Waals surface area (Å²) in [7, 11) is 1.61. The van der Waals surface area contributed by atoms with Gasteiger partial charge in [0.05, 0.1) is 24.8 Å². The van der Waals surface area contributed by atoms with Crippen molar-refractivity contribution in [1.29, 1.82) is 0 Å². The van der Waals surface area contributed by atoms with Crippen LogP contribution in [0.3, 0.4) is 0 Å². The number of benzene rings is 1. The van der Waals surface area contributed by atoms with E-state index < -0.39 is 6.10 Å². The van der Waals surface area contributed by atoms with E-state index in [2.05, 4.69) is 41.8 Å². The van der Waals surface area contributed by atoms with E-state index in [1.165, 1.54) is 0 Å². The SMILES string of the molecule is COc1ccccc1C(c1cc(Br)nc(Br)n1)C(C)O. The molecule has 2 aromatic rings. The smallest absolute Gasteiger partial charge is 0.197 e. The molecule has 2 atom stereocenters. The fraction of sp³-hybridized carbons (Fsp3) is 0.286. The van der Waals surface area contributed by atoms with Gasteiger partial charge < -0.3 is 9.84 Å². The molecule has 1 heterocycles. The Kier molecular flexibility index (Phi) is 5.12. The molecule has 20 heavy (non-hydrogen) atoms. The number of aliphatic hydroxyl groups is 1. The fourth-order valence-corrected chi connectivity index (χ4v) is 3.19. The minimum atomic E-state index is -0.611. The molecular formula is C14H14Br2N2O2. The Morgan fingerprint density at radius 1 is 1.20 bits per heavy atom. The summed E-state index contributed by atoms with van der Waals surface area (Å²) in [6.45, 7) is 1.74. The highest BCUT2D eigenvalue weighted by Crippen LogP contribution is 2.34. The Bertz CT molecular complexity index is 585. The third kappa shape index (κ3) is 3.37. The van der Waals surface area contributed by atoms with Gasteiger partial charge in [-0.25, -0.2) is 9.97 Å². The lowest BCUT2D eigenvalue weighted by Crippen LogP contribution is -2.18. The van der Waals surface area contributed by atoms with Gasteiger partial charge in [-0.2, -0.15) is 0 Å². The van der Waals surface area contributed by atoms with Crippen LogP contribution in [-0.4, -0.2) is 28.3 Å². The van der Waals surface area contributed by atoms with Crippen molar-refractivity contribution in [2.45, 2.75) is 18.9 Å². The molecule has 1 aromatic carbocycles. The number of nitrogens with zero attached hydrogens (tertiary/aromatic N) is 2. The maximum absolute atomic E-state index is 10.2. The highest BCUT2D eigenvalue weighted by atomic mass is 79.9. The molecule has 0 aliphatic carbocycles. The molecule has 0 fully saturated rings. The van der Waals surface area contributed by atoms with E-state index >= 15 is 0 Å². The number of ether oxygens (including phenoxy) is 1. The normalized spacial score (nSPS) is 13.8. The van der Waals surface area contributed by atoms with Gasteiger partial charge in [-0.15, -0.1) is 0 Å². The van der Waals surface area contributed by atoms with Crippen LogP contribution in [0.2, 0.25) is 0 Å². The summed E-state index contributed by atoms with van der Waals surface area (Å²) in [5.41, 5.74) is 1.61. The standard InChI is InChI=1S/C14H14Br2N2O2/c1-8(19)13(9-5-3-4-6-11(9)20-2)10-7-12(15)18-14(16)17-10/h3-8,13,19H,1-2H3. The number of aliphatic hydroxyl groups excluding tert-OH is 1. The first-order valence-corrected chi connectivity index (χ1v) is 7.62. The maximum Gasteiger partial charge on any atom is 0.197 e. The van der Waals surface area contributed by atoms with Gasteiger partial charge in [-0.05, 0) is 50.9 Å². The molecule has 0 spiro atoms. The third-order valence-corrected chi connectivity index (χ3v) is 3.72. The molecule has 0 aliphatic rings. The van der Waals surface area contributed by atoms with Crippen molar-refractivity contribution < 1.29 is 9.84 Å². The molecule has 2 rings (SSSR count). The van der Waals surface area contributed by atoms with E-state index in [1.807, 2.05) is 24.3 Å². The predicted molar refractivity (Wildman–Crippen MR) is 83.9 cm³/mol. The number of methoxy groups -OCH3 is 1. The Morgan fingerprint density at radius 3 is 2.50 bits per heavy atom. The Hall–Kier alpha value is -0.980. The topological polar surface area (TPSA) is 55.2 Å². The second-order valence-electron chi connectivity index (χ2n) is 4.34. The Morgan fingerprint density at radius 2 is 1.90 bits per heavy atom. The lowest BCUT2D eigenvalue weighted by Gasteiger charge is -2.22. The minimum absolute atomic E-state index is 0.290. The lowest BCUT2D eigenvalue weighted by molar-refractivity contribution is 0.173. The van der Waals surface area contributed by atoms with Crippen molar-refractivity contribution in [1.82, 2.24) is 9.97 Å². The molecular weight excluding hydrogens is 388 g/mol. The van der Waals surface area contributed by atoms with Crippen molar-refractivity contribution in [3.05, 3.63) is 50.9 Å². The molecule has 0 amide bonds. The summed E-state index contributed by atoms with van der Waals surface area (Å²) in [6, 6.07) is 9.41. The highest BCUT2D eigenvalue weighted by molar-refractivity contribution is 9.11. The first-order valence-electron chi connectivity index (χ1n) is 6.04. The number of hydrogen-bond acceptors (Lipinski definition) is 4. The van der Waals surface area contributed by atoms with Gasteiger partial charge in [0.25, 0.3) is 0 Å². The monoisotopic (exact) mass is 400 g/mol. The molecule has 4 nitrogen and oxygen atoms in total. The molecule has 1 N–H and O–H groups in total. The molecule has 106 valence electrons. The molecule has 0 bridgehead atoms. The molecule has 0 aliphatic heterocycles. The zero-order chi connectivity index (χ0) is 14.7. The van der Waals surface area contributed by atoms with Gasteiger partial charge in [0.15, 0.2) is 4.73 Å². The fourth-order valence-electron chi connectivity index (χ4n) is 2.16. The quantitative estimate of drug-likeness (QED) is 0.629. The van der Waals surface area contributed by atoms with Gasteiger partial charge >= 0.3 is 0 Å². The van der Waals surface area contributed by atoms with E-state index in [9.17, 15) is 5.11 Å². The summed E-state index contributed by atoms with van der Waals surface area (Å²) in [4.78, 5) is 8.49. The van der Waals surface area contributed by atoms with Crippen LogP contribution in [-0.2, 0) is 0 Å². The number of rotatable bonds is 4. The second kappa shape index (κ2) is 6.65. The predicted octanol–water partition coefficient (Wildman–Crippen LogP) is 3.52. The van der Waals surface area contributed by atoms with E-state index in [1.54, 1.807) is 20.1 Å². The lowest BCUT2D eigenvalue weighted by atomic mass is 9.90. The van der Waals surface area contributed by atoms with Crippen molar-refractivity contribution >= 4 is 31.9 Å². The molecule has 6 heteroatoms. The molecule has 0 radical (unpaired) electrons. The van der Waals surface area contributed by atoms with Gasteiger partial charge in [-0.1, -0.05) is 18.2 Å². The van der Waals surface area contributed by atoms with Crippen molar-refractivity contribution in [2.24, 2.45) is 0 Å².